The topological polar surface area (TPSA) is 47.3 Å². The molecule has 0 aromatic heterocycles. The van der Waals surface area contributed by atoms with E-state index in [1.807, 2.05) is 6.92 Å². The van der Waals surface area contributed by atoms with Gasteiger partial charge in [0.1, 0.15) is 5.82 Å². The second-order valence-corrected chi connectivity index (χ2v) is 3.48. The van der Waals surface area contributed by atoms with Gasteiger partial charge in [-0.3, -0.25) is 0 Å². The van der Waals surface area contributed by atoms with Crippen LogP contribution in [0.2, 0.25) is 0 Å². The van der Waals surface area contributed by atoms with E-state index in [0.29, 0.717) is 18.0 Å². The van der Waals surface area contributed by atoms with Crippen molar-refractivity contribution in [2.75, 3.05) is 24.8 Å². The van der Waals surface area contributed by atoms with Gasteiger partial charge in [-0.05, 0) is 24.6 Å². The molecule has 3 N–H and O–H groups in total. The Hall–Kier alpha value is -1.29. The van der Waals surface area contributed by atoms with Crippen LogP contribution in [0.4, 0.5) is 15.8 Å². The fourth-order valence-electron chi connectivity index (χ4n) is 1.39. The number of ether oxygens (including phenoxy) is 1. The zero-order valence-corrected chi connectivity index (χ0v) is 9.09. The molecule has 1 aromatic rings. The molecule has 1 aromatic carbocycles. The van der Waals surface area contributed by atoms with E-state index in [2.05, 4.69) is 5.32 Å². The number of methoxy groups -OCH3 is 1. The molecular formula is C11H17FN2O. The van der Waals surface area contributed by atoms with Crippen LogP contribution >= 0.6 is 0 Å². The summed E-state index contributed by atoms with van der Waals surface area (Å²) in [5.41, 5.74) is 6.65. The number of halogens is 1. The normalized spacial score (nSPS) is 12.5. The van der Waals surface area contributed by atoms with Crippen molar-refractivity contribution in [2.45, 2.75) is 19.4 Å². The Morgan fingerprint density at radius 2 is 2.20 bits per heavy atom. The highest BCUT2D eigenvalue weighted by molar-refractivity contribution is 5.55. The van der Waals surface area contributed by atoms with E-state index in [9.17, 15) is 4.39 Å². The van der Waals surface area contributed by atoms with Crippen molar-refractivity contribution in [2.24, 2.45) is 0 Å². The standard InChI is InChI=1S/C11H17FN2O/c1-3-10(7-15-2)14-11-5-8(12)4-9(13)6-11/h4-6,10,14H,3,7,13H2,1-2H3. The van der Waals surface area contributed by atoms with Gasteiger partial charge in [-0.2, -0.15) is 0 Å². The van der Waals surface area contributed by atoms with E-state index in [-0.39, 0.29) is 11.9 Å². The molecule has 0 heterocycles. The summed E-state index contributed by atoms with van der Waals surface area (Å²) < 4.78 is 18.1. The molecule has 0 amide bonds. The molecule has 4 heteroatoms. The summed E-state index contributed by atoms with van der Waals surface area (Å²) in [4.78, 5) is 0. The van der Waals surface area contributed by atoms with Crippen molar-refractivity contribution in [3.8, 4) is 0 Å². The number of benzene rings is 1. The highest BCUT2D eigenvalue weighted by atomic mass is 19.1. The first-order valence-corrected chi connectivity index (χ1v) is 4.97. The van der Waals surface area contributed by atoms with Crippen molar-refractivity contribution in [1.82, 2.24) is 0 Å². The number of anilines is 2. The van der Waals surface area contributed by atoms with Gasteiger partial charge in [0.15, 0.2) is 0 Å². The largest absolute Gasteiger partial charge is 0.399 e. The predicted octanol–water partition coefficient (Wildman–Crippen LogP) is 2.24. The number of nitrogens with one attached hydrogen (secondary N) is 1. The number of nitrogen functional groups attached to an aromatic ring is 1. The van der Waals surface area contributed by atoms with Gasteiger partial charge in [0, 0.05) is 24.5 Å². The summed E-state index contributed by atoms with van der Waals surface area (Å²) >= 11 is 0. The van der Waals surface area contributed by atoms with Gasteiger partial charge in [0.25, 0.3) is 0 Å². The lowest BCUT2D eigenvalue weighted by molar-refractivity contribution is 0.184. The molecule has 0 aliphatic heterocycles. The molecule has 1 unspecified atom stereocenters. The fraction of sp³-hybridized carbons (Fsp3) is 0.455. The summed E-state index contributed by atoms with van der Waals surface area (Å²) in [6.45, 7) is 2.63. The zero-order valence-electron chi connectivity index (χ0n) is 9.09. The lowest BCUT2D eigenvalue weighted by Crippen LogP contribution is -2.23. The Morgan fingerprint density at radius 1 is 1.47 bits per heavy atom. The van der Waals surface area contributed by atoms with E-state index in [1.54, 1.807) is 13.2 Å². The Bertz CT molecular complexity index is 297. The van der Waals surface area contributed by atoms with Gasteiger partial charge in [-0.15, -0.1) is 0 Å². The lowest BCUT2D eigenvalue weighted by atomic mass is 10.2. The van der Waals surface area contributed by atoms with Gasteiger partial charge in [0.05, 0.1) is 6.61 Å². The molecule has 0 bridgehead atoms. The highest BCUT2D eigenvalue weighted by Gasteiger charge is 2.06. The third-order valence-electron chi connectivity index (χ3n) is 2.15. The van der Waals surface area contributed by atoms with Crippen LogP contribution in [0.15, 0.2) is 18.2 Å². The van der Waals surface area contributed by atoms with E-state index in [4.69, 9.17) is 10.5 Å². The Balaban J connectivity index is 2.69. The molecular weight excluding hydrogens is 195 g/mol. The Labute approximate surface area is 89.4 Å². The van der Waals surface area contributed by atoms with Crippen LogP contribution in [0, 0.1) is 5.82 Å². The van der Waals surface area contributed by atoms with E-state index in [0.717, 1.165) is 6.42 Å². The van der Waals surface area contributed by atoms with Crippen molar-refractivity contribution >= 4 is 11.4 Å². The minimum atomic E-state index is -0.329. The third-order valence-corrected chi connectivity index (χ3v) is 2.15. The maximum absolute atomic E-state index is 13.0. The fourth-order valence-corrected chi connectivity index (χ4v) is 1.39. The average molecular weight is 212 g/mol. The molecule has 0 saturated carbocycles. The number of hydrogen-bond donors (Lipinski definition) is 2. The second kappa shape index (κ2) is 5.56. The number of hydrogen-bond acceptors (Lipinski definition) is 3. The molecule has 0 spiro atoms. The first kappa shape index (κ1) is 11.8. The summed E-state index contributed by atoms with van der Waals surface area (Å²) in [6.07, 6.45) is 0.907. The van der Waals surface area contributed by atoms with Gasteiger partial charge < -0.3 is 15.8 Å². The predicted molar refractivity (Wildman–Crippen MR) is 60.4 cm³/mol. The summed E-state index contributed by atoms with van der Waals surface area (Å²) in [5.74, 6) is -0.329. The van der Waals surface area contributed by atoms with Crippen LogP contribution in [0.3, 0.4) is 0 Å². The average Bonchev–Trinajstić information content (AvgIpc) is 2.15. The lowest BCUT2D eigenvalue weighted by Gasteiger charge is -2.17. The molecule has 3 nitrogen and oxygen atoms in total. The Morgan fingerprint density at radius 3 is 2.73 bits per heavy atom. The maximum Gasteiger partial charge on any atom is 0.127 e. The van der Waals surface area contributed by atoms with Crippen molar-refractivity contribution in [3.63, 3.8) is 0 Å². The SMILES string of the molecule is CCC(COC)Nc1cc(N)cc(F)c1. The molecule has 1 rings (SSSR count). The number of rotatable bonds is 5. The Kier molecular flexibility index (Phi) is 4.37. The van der Waals surface area contributed by atoms with Crippen LogP contribution in [0.1, 0.15) is 13.3 Å². The smallest absolute Gasteiger partial charge is 0.127 e. The van der Waals surface area contributed by atoms with E-state index >= 15 is 0 Å². The summed E-state index contributed by atoms with van der Waals surface area (Å²) in [6, 6.07) is 4.61. The van der Waals surface area contributed by atoms with E-state index < -0.39 is 0 Å². The first-order chi connectivity index (χ1) is 7.15. The van der Waals surface area contributed by atoms with E-state index in [1.165, 1.54) is 12.1 Å². The van der Waals surface area contributed by atoms with Crippen LogP contribution in [-0.4, -0.2) is 19.8 Å². The van der Waals surface area contributed by atoms with Crippen LogP contribution in [0.25, 0.3) is 0 Å². The number of nitrogens with two attached hydrogens (primary N) is 1. The van der Waals surface area contributed by atoms with Crippen molar-refractivity contribution < 1.29 is 9.13 Å². The zero-order chi connectivity index (χ0) is 11.3. The molecule has 0 radical (unpaired) electrons. The highest BCUT2D eigenvalue weighted by Crippen LogP contribution is 2.16. The maximum atomic E-state index is 13.0. The molecule has 84 valence electrons. The van der Waals surface area contributed by atoms with Crippen LogP contribution < -0.4 is 11.1 Å². The van der Waals surface area contributed by atoms with Crippen molar-refractivity contribution in [3.05, 3.63) is 24.0 Å². The van der Waals surface area contributed by atoms with Gasteiger partial charge in [-0.1, -0.05) is 6.92 Å². The van der Waals surface area contributed by atoms with Crippen molar-refractivity contribution in [1.29, 1.82) is 0 Å². The van der Waals surface area contributed by atoms with Gasteiger partial charge in [-0.25, -0.2) is 4.39 Å². The summed E-state index contributed by atoms with van der Waals surface area (Å²) in [5, 5.41) is 3.17. The van der Waals surface area contributed by atoms with Crippen LogP contribution in [-0.2, 0) is 4.74 Å². The molecule has 1 atom stereocenters. The summed E-state index contributed by atoms with van der Waals surface area (Å²) in [7, 11) is 1.64. The quantitative estimate of drug-likeness (QED) is 0.736. The molecule has 0 aliphatic carbocycles. The minimum absolute atomic E-state index is 0.177. The third kappa shape index (κ3) is 3.75. The molecule has 0 aliphatic rings. The molecule has 0 fully saturated rings. The monoisotopic (exact) mass is 212 g/mol. The van der Waals surface area contributed by atoms with Gasteiger partial charge >= 0.3 is 0 Å². The minimum Gasteiger partial charge on any atom is -0.399 e. The molecule has 0 saturated heterocycles. The van der Waals surface area contributed by atoms with Crippen LogP contribution in [0.5, 0.6) is 0 Å². The molecule has 15 heavy (non-hydrogen) atoms. The first-order valence-electron chi connectivity index (χ1n) is 4.97. The second-order valence-electron chi connectivity index (χ2n) is 3.48. The van der Waals surface area contributed by atoms with Gasteiger partial charge in [0.2, 0.25) is 0 Å².